The predicted molar refractivity (Wildman–Crippen MR) is 84.1 cm³/mol. The zero-order valence-electron chi connectivity index (χ0n) is 10.7. The van der Waals surface area contributed by atoms with Crippen molar-refractivity contribution in [2.24, 2.45) is 0 Å². The molecule has 3 aromatic rings. The molecular weight excluding hydrogens is 336 g/mol. The van der Waals surface area contributed by atoms with Gasteiger partial charge in [0, 0.05) is 24.2 Å². The molecule has 0 radical (unpaired) electrons. The van der Waals surface area contributed by atoms with E-state index in [-0.39, 0.29) is 0 Å². The van der Waals surface area contributed by atoms with Crippen molar-refractivity contribution in [3.63, 3.8) is 0 Å². The van der Waals surface area contributed by atoms with Crippen LogP contribution in [0.4, 0.5) is 0 Å². The van der Waals surface area contributed by atoms with Gasteiger partial charge >= 0.3 is 0 Å². The Hall–Kier alpha value is -1.66. The quantitative estimate of drug-likeness (QED) is 0.534. The van der Waals surface area contributed by atoms with Crippen LogP contribution < -0.4 is 0 Å². The van der Waals surface area contributed by atoms with Gasteiger partial charge < -0.3 is 0 Å². The first kappa shape index (κ1) is 13.3. The predicted octanol–water partition coefficient (Wildman–Crippen LogP) is 3.81. The number of hydrogen-bond donors (Lipinski definition) is 0. The van der Waals surface area contributed by atoms with Gasteiger partial charge in [-0.1, -0.05) is 30.0 Å². The average Bonchev–Trinajstić information content (AvgIpc) is 2.90. The maximum Gasteiger partial charge on any atom is 0.187 e. The number of para-hydroxylation sites is 1. The normalized spacial score (nSPS) is 10.7. The molecule has 1 aromatic carbocycles. The van der Waals surface area contributed by atoms with E-state index < -0.39 is 0 Å². The SMILES string of the molecule is CSc1ncc(-c2nn(-c3ccccc3)cc2Br)cn1. The second kappa shape index (κ2) is 5.76. The van der Waals surface area contributed by atoms with E-state index in [0.717, 1.165) is 26.6 Å². The molecule has 0 aliphatic rings. The molecule has 20 heavy (non-hydrogen) atoms. The smallest absolute Gasteiger partial charge is 0.187 e. The van der Waals surface area contributed by atoms with E-state index >= 15 is 0 Å². The van der Waals surface area contributed by atoms with Crippen molar-refractivity contribution in [2.45, 2.75) is 5.16 Å². The Kier molecular flexibility index (Phi) is 3.84. The average molecular weight is 347 g/mol. The number of thioether (sulfide) groups is 1. The van der Waals surface area contributed by atoms with Gasteiger partial charge in [0.15, 0.2) is 5.16 Å². The first-order valence-electron chi connectivity index (χ1n) is 5.95. The van der Waals surface area contributed by atoms with Crippen LogP contribution in [0.25, 0.3) is 16.9 Å². The fourth-order valence-electron chi connectivity index (χ4n) is 1.81. The van der Waals surface area contributed by atoms with Crippen LogP contribution in [0.15, 0.2) is 58.6 Å². The van der Waals surface area contributed by atoms with E-state index in [0.29, 0.717) is 0 Å². The summed E-state index contributed by atoms with van der Waals surface area (Å²) in [7, 11) is 0. The highest BCUT2D eigenvalue weighted by Gasteiger charge is 2.11. The van der Waals surface area contributed by atoms with Gasteiger partial charge in [0.2, 0.25) is 0 Å². The number of hydrogen-bond acceptors (Lipinski definition) is 4. The van der Waals surface area contributed by atoms with Crippen LogP contribution in [0.3, 0.4) is 0 Å². The molecule has 0 saturated heterocycles. The summed E-state index contributed by atoms with van der Waals surface area (Å²) in [5.41, 5.74) is 2.74. The molecule has 0 unspecified atom stereocenters. The molecule has 0 N–H and O–H groups in total. The van der Waals surface area contributed by atoms with Crippen LogP contribution in [-0.2, 0) is 0 Å². The van der Waals surface area contributed by atoms with Crippen LogP contribution >= 0.6 is 27.7 Å². The first-order valence-corrected chi connectivity index (χ1v) is 7.96. The summed E-state index contributed by atoms with van der Waals surface area (Å²) in [6.45, 7) is 0. The van der Waals surface area contributed by atoms with Crippen LogP contribution in [0, 0.1) is 0 Å². The van der Waals surface area contributed by atoms with Crippen molar-refractivity contribution < 1.29 is 0 Å². The molecule has 0 saturated carbocycles. The van der Waals surface area contributed by atoms with Crippen LogP contribution in [-0.4, -0.2) is 26.0 Å². The van der Waals surface area contributed by atoms with Gasteiger partial charge in [-0.3, -0.25) is 0 Å². The molecule has 0 amide bonds. The molecule has 2 aromatic heterocycles. The Morgan fingerprint density at radius 3 is 2.45 bits per heavy atom. The second-order valence-electron chi connectivity index (χ2n) is 4.06. The summed E-state index contributed by atoms with van der Waals surface area (Å²) >= 11 is 5.06. The third-order valence-electron chi connectivity index (χ3n) is 2.77. The Morgan fingerprint density at radius 1 is 1.10 bits per heavy atom. The topological polar surface area (TPSA) is 43.6 Å². The number of benzene rings is 1. The maximum atomic E-state index is 4.59. The number of rotatable bonds is 3. The minimum atomic E-state index is 0.757. The first-order chi connectivity index (χ1) is 9.78. The second-order valence-corrected chi connectivity index (χ2v) is 5.69. The molecule has 0 aliphatic heterocycles. The van der Waals surface area contributed by atoms with Gasteiger partial charge in [-0.25, -0.2) is 14.6 Å². The molecule has 3 rings (SSSR count). The molecule has 4 nitrogen and oxygen atoms in total. The van der Waals surface area contributed by atoms with Crippen molar-refractivity contribution in [3.8, 4) is 16.9 Å². The van der Waals surface area contributed by atoms with Crippen LogP contribution in [0.2, 0.25) is 0 Å². The van der Waals surface area contributed by atoms with Crippen molar-refractivity contribution >= 4 is 27.7 Å². The monoisotopic (exact) mass is 346 g/mol. The lowest BCUT2D eigenvalue weighted by atomic mass is 10.2. The Balaban J connectivity index is 2.00. The Morgan fingerprint density at radius 2 is 1.80 bits per heavy atom. The van der Waals surface area contributed by atoms with E-state index in [9.17, 15) is 0 Å². The van der Waals surface area contributed by atoms with Gasteiger partial charge in [0.05, 0.1) is 10.2 Å². The van der Waals surface area contributed by atoms with E-state index in [1.54, 1.807) is 12.4 Å². The summed E-state index contributed by atoms with van der Waals surface area (Å²) in [5, 5.41) is 5.35. The Bertz CT molecular complexity index is 710. The largest absolute Gasteiger partial charge is 0.239 e. The van der Waals surface area contributed by atoms with E-state index in [1.807, 2.05) is 47.5 Å². The van der Waals surface area contributed by atoms with Crippen molar-refractivity contribution in [3.05, 3.63) is 53.4 Å². The Labute approximate surface area is 129 Å². The molecule has 0 aliphatic carbocycles. The fraction of sp³-hybridized carbons (Fsp3) is 0.0714. The zero-order chi connectivity index (χ0) is 13.9. The third kappa shape index (κ3) is 2.62. The minimum Gasteiger partial charge on any atom is -0.239 e. The lowest BCUT2D eigenvalue weighted by Gasteiger charge is -2.00. The molecule has 2 heterocycles. The highest BCUT2D eigenvalue weighted by molar-refractivity contribution is 9.10. The zero-order valence-corrected chi connectivity index (χ0v) is 13.1. The molecule has 0 fully saturated rings. The summed E-state index contributed by atoms with van der Waals surface area (Å²) in [4.78, 5) is 8.56. The molecule has 0 atom stereocenters. The van der Waals surface area contributed by atoms with Gasteiger partial charge in [0.1, 0.15) is 5.69 Å². The molecule has 0 spiro atoms. The van der Waals surface area contributed by atoms with Crippen LogP contribution in [0.1, 0.15) is 0 Å². The lowest BCUT2D eigenvalue weighted by molar-refractivity contribution is 0.881. The van der Waals surface area contributed by atoms with E-state index in [1.165, 1.54) is 11.8 Å². The highest BCUT2D eigenvalue weighted by Crippen LogP contribution is 2.27. The van der Waals surface area contributed by atoms with Gasteiger partial charge in [0.25, 0.3) is 0 Å². The van der Waals surface area contributed by atoms with Crippen molar-refractivity contribution in [2.75, 3.05) is 6.26 Å². The standard InChI is InChI=1S/C14H11BrN4S/c1-20-14-16-7-10(8-17-14)13-12(15)9-19(18-13)11-5-3-2-4-6-11/h2-9H,1H3. The molecule has 0 bridgehead atoms. The fourth-order valence-corrected chi connectivity index (χ4v) is 2.62. The number of nitrogens with zero attached hydrogens (tertiary/aromatic N) is 4. The highest BCUT2D eigenvalue weighted by atomic mass is 79.9. The van der Waals surface area contributed by atoms with Gasteiger partial charge in [-0.15, -0.1) is 0 Å². The minimum absolute atomic E-state index is 0.757. The maximum absolute atomic E-state index is 4.59. The molecular formula is C14H11BrN4S. The number of halogens is 1. The molecule has 6 heteroatoms. The molecule has 100 valence electrons. The third-order valence-corrected chi connectivity index (χ3v) is 3.93. The number of aromatic nitrogens is 4. The van der Waals surface area contributed by atoms with E-state index in [2.05, 4.69) is 31.0 Å². The summed E-state index contributed by atoms with van der Waals surface area (Å²) in [5.74, 6) is 0. The summed E-state index contributed by atoms with van der Waals surface area (Å²) in [6, 6.07) is 9.98. The van der Waals surface area contributed by atoms with E-state index in [4.69, 9.17) is 0 Å². The van der Waals surface area contributed by atoms with Crippen molar-refractivity contribution in [1.82, 2.24) is 19.7 Å². The summed E-state index contributed by atoms with van der Waals surface area (Å²) < 4.78 is 2.75. The van der Waals surface area contributed by atoms with Crippen LogP contribution in [0.5, 0.6) is 0 Å². The summed E-state index contributed by atoms with van der Waals surface area (Å²) in [6.07, 6.45) is 7.48. The lowest BCUT2D eigenvalue weighted by Crippen LogP contribution is -1.94. The van der Waals surface area contributed by atoms with Gasteiger partial charge in [-0.2, -0.15) is 5.10 Å². The van der Waals surface area contributed by atoms with Gasteiger partial charge in [-0.05, 0) is 34.3 Å². The van der Waals surface area contributed by atoms with Crippen molar-refractivity contribution in [1.29, 1.82) is 0 Å².